The molecule has 2 N–H and O–H groups in total. The van der Waals surface area contributed by atoms with E-state index in [0.717, 1.165) is 15.9 Å². The van der Waals surface area contributed by atoms with E-state index in [4.69, 9.17) is 11.6 Å². The number of aliphatic hydroxyl groups is 1. The number of nitrogens with one attached hydrogen (secondary N) is 1. The number of halogens is 1. The molecule has 0 aliphatic carbocycles. The van der Waals surface area contributed by atoms with Crippen LogP contribution in [0.15, 0.2) is 59.2 Å². The molecule has 0 spiro atoms. The Morgan fingerprint density at radius 1 is 1.22 bits per heavy atom. The number of thioether (sulfide) groups is 1. The van der Waals surface area contributed by atoms with E-state index < -0.39 is 0 Å². The molecule has 0 radical (unpaired) electrons. The fourth-order valence-corrected chi connectivity index (χ4v) is 2.98. The van der Waals surface area contributed by atoms with E-state index in [9.17, 15) is 10.4 Å². The molecule has 23 heavy (non-hydrogen) atoms. The zero-order chi connectivity index (χ0) is 16.2. The van der Waals surface area contributed by atoms with Crippen molar-refractivity contribution in [2.24, 2.45) is 0 Å². The maximum atomic E-state index is 10.3. The summed E-state index contributed by atoms with van der Waals surface area (Å²) < 4.78 is 0. The number of fused-ring (bicyclic) bond motifs is 1. The number of H-pyrrole nitrogens is 1. The molecule has 114 valence electrons. The Hall–Kier alpha value is -2.42. The average molecular weight is 342 g/mol. The highest BCUT2D eigenvalue weighted by atomic mass is 35.5. The summed E-state index contributed by atoms with van der Waals surface area (Å²) in [4.78, 5) is 8.36. The van der Waals surface area contributed by atoms with Gasteiger partial charge in [-0.3, -0.25) is 0 Å². The molecule has 0 atom stereocenters. The summed E-state index contributed by atoms with van der Waals surface area (Å²) >= 11 is 7.27. The van der Waals surface area contributed by atoms with Crippen LogP contribution in [-0.2, 0) is 0 Å². The van der Waals surface area contributed by atoms with Crippen molar-refractivity contribution in [3.63, 3.8) is 0 Å². The largest absolute Gasteiger partial charge is 0.510 e. The third-order valence-corrected chi connectivity index (χ3v) is 4.49. The molecule has 1 heterocycles. The lowest BCUT2D eigenvalue weighted by molar-refractivity contribution is 0.420. The first-order valence-electron chi connectivity index (χ1n) is 6.83. The Bertz CT molecular complexity index is 876. The molecule has 0 aliphatic heterocycles. The smallest absolute Gasteiger partial charge is 0.152 e. The highest BCUT2D eigenvalue weighted by molar-refractivity contribution is 7.99. The maximum absolute atomic E-state index is 10.3. The number of aromatic amines is 1. The third kappa shape index (κ3) is 3.50. The first kappa shape index (κ1) is 15.5. The Kier molecular flexibility index (Phi) is 4.56. The van der Waals surface area contributed by atoms with Gasteiger partial charge < -0.3 is 10.1 Å². The SMILES string of the molecule is N#C/C(=C(/O)CSc1ccc(Cl)cc1)c1nc2ccccc2[nH]1. The van der Waals surface area contributed by atoms with Crippen LogP contribution in [0, 0.1) is 11.3 Å². The van der Waals surface area contributed by atoms with Crippen LogP contribution in [0.1, 0.15) is 5.82 Å². The van der Waals surface area contributed by atoms with Gasteiger partial charge in [0, 0.05) is 9.92 Å². The monoisotopic (exact) mass is 341 g/mol. The van der Waals surface area contributed by atoms with Crippen LogP contribution in [0.3, 0.4) is 0 Å². The zero-order valence-corrected chi connectivity index (χ0v) is 13.5. The number of hydrogen-bond acceptors (Lipinski definition) is 4. The Morgan fingerprint density at radius 3 is 2.65 bits per heavy atom. The first-order chi connectivity index (χ1) is 11.2. The Morgan fingerprint density at radius 2 is 1.96 bits per heavy atom. The number of allylic oxidation sites excluding steroid dienone is 1. The van der Waals surface area contributed by atoms with Gasteiger partial charge in [-0.25, -0.2) is 4.98 Å². The van der Waals surface area contributed by atoms with Gasteiger partial charge in [0.1, 0.15) is 17.4 Å². The van der Waals surface area contributed by atoms with E-state index in [1.165, 1.54) is 11.8 Å². The van der Waals surface area contributed by atoms with Gasteiger partial charge in [-0.05, 0) is 36.4 Å². The summed E-state index contributed by atoms with van der Waals surface area (Å²) in [5.41, 5.74) is 1.74. The van der Waals surface area contributed by atoms with Crippen LogP contribution < -0.4 is 0 Å². The predicted molar refractivity (Wildman–Crippen MR) is 93.4 cm³/mol. The summed E-state index contributed by atoms with van der Waals surface area (Å²) in [7, 11) is 0. The van der Waals surface area contributed by atoms with E-state index in [2.05, 4.69) is 9.97 Å². The van der Waals surface area contributed by atoms with Gasteiger partial charge in [0.2, 0.25) is 0 Å². The number of hydrogen-bond donors (Lipinski definition) is 2. The second-order valence-corrected chi connectivity index (χ2v) is 6.26. The number of nitrogens with zero attached hydrogens (tertiary/aromatic N) is 2. The van der Waals surface area contributed by atoms with Crippen LogP contribution in [0.4, 0.5) is 0 Å². The summed E-state index contributed by atoms with van der Waals surface area (Å²) in [5, 5.41) is 20.3. The van der Waals surface area contributed by atoms with Crippen molar-refractivity contribution in [1.29, 1.82) is 5.26 Å². The molecule has 0 aliphatic rings. The quantitative estimate of drug-likeness (QED) is 0.406. The lowest BCUT2D eigenvalue weighted by atomic mass is 10.2. The summed E-state index contributed by atoms with van der Waals surface area (Å²) in [6.07, 6.45) is 0. The number of para-hydroxylation sites is 2. The molecule has 0 saturated heterocycles. The normalized spacial score (nSPS) is 12.0. The molecular weight excluding hydrogens is 330 g/mol. The zero-order valence-electron chi connectivity index (χ0n) is 12.0. The minimum absolute atomic E-state index is 0.00786. The summed E-state index contributed by atoms with van der Waals surface area (Å²) in [6, 6.07) is 16.8. The Labute approximate surface area is 142 Å². The molecular formula is C17H12ClN3OS. The highest BCUT2D eigenvalue weighted by Gasteiger charge is 2.13. The molecule has 6 heteroatoms. The van der Waals surface area contributed by atoms with Crippen molar-refractivity contribution < 1.29 is 5.11 Å². The number of aliphatic hydroxyl groups excluding tert-OH is 1. The fraction of sp³-hybridized carbons (Fsp3) is 0.0588. The average Bonchev–Trinajstić information content (AvgIpc) is 2.98. The maximum Gasteiger partial charge on any atom is 0.152 e. The topological polar surface area (TPSA) is 72.7 Å². The van der Waals surface area contributed by atoms with Gasteiger partial charge in [-0.2, -0.15) is 5.26 Å². The van der Waals surface area contributed by atoms with Crippen molar-refractivity contribution >= 4 is 40.0 Å². The highest BCUT2D eigenvalue weighted by Crippen LogP contribution is 2.25. The van der Waals surface area contributed by atoms with Crippen molar-refractivity contribution in [2.45, 2.75) is 4.90 Å². The lowest BCUT2D eigenvalue weighted by Crippen LogP contribution is -1.95. The predicted octanol–water partition coefficient (Wildman–Crippen LogP) is 4.80. The minimum Gasteiger partial charge on any atom is -0.510 e. The van der Waals surface area contributed by atoms with Crippen molar-refractivity contribution in [3.05, 3.63) is 65.1 Å². The number of nitriles is 1. The summed E-state index contributed by atoms with van der Waals surface area (Å²) in [6.45, 7) is 0. The van der Waals surface area contributed by atoms with Crippen molar-refractivity contribution in [1.82, 2.24) is 9.97 Å². The van der Waals surface area contributed by atoms with E-state index in [1.54, 1.807) is 12.1 Å². The Balaban J connectivity index is 1.84. The van der Waals surface area contributed by atoms with Gasteiger partial charge in [0.05, 0.1) is 16.8 Å². The second-order valence-electron chi connectivity index (χ2n) is 4.78. The molecule has 0 saturated carbocycles. The van der Waals surface area contributed by atoms with Gasteiger partial charge >= 0.3 is 0 Å². The lowest BCUT2D eigenvalue weighted by Gasteiger charge is -2.03. The van der Waals surface area contributed by atoms with Gasteiger partial charge in [-0.15, -0.1) is 11.8 Å². The van der Waals surface area contributed by atoms with E-state index >= 15 is 0 Å². The number of imidazole rings is 1. The first-order valence-corrected chi connectivity index (χ1v) is 8.19. The molecule has 0 bridgehead atoms. The molecule has 1 aromatic heterocycles. The van der Waals surface area contributed by atoms with Gasteiger partial charge in [-0.1, -0.05) is 23.7 Å². The standard InChI is InChI=1S/C17H12ClN3OS/c18-11-5-7-12(8-6-11)23-10-16(22)13(9-19)17-20-14-3-1-2-4-15(14)21-17/h1-8,22H,10H2,(H,20,21)/b16-13-. The van der Waals surface area contributed by atoms with Crippen LogP contribution in [0.25, 0.3) is 16.6 Å². The molecule has 0 unspecified atom stereocenters. The van der Waals surface area contributed by atoms with Crippen LogP contribution >= 0.6 is 23.4 Å². The third-order valence-electron chi connectivity index (χ3n) is 3.22. The molecule has 0 amide bonds. The van der Waals surface area contributed by atoms with Crippen LogP contribution in [-0.4, -0.2) is 20.8 Å². The van der Waals surface area contributed by atoms with E-state index in [-0.39, 0.29) is 17.1 Å². The van der Waals surface area contributed by atoms with Gasteiger partial charge in [0.15, 0.2) is 5.82 Å². The fourth-order valence-electron chi connectivity index (χ4n) is 2.08. The molecule has 2 aromatic carbocycles. The second kappa shape index (κ2) is 6.78. The molecule has 3 aromatic rings. The van der Waals surface area contributed by atoms with E-state index in [1.807, 2.05) is 42.5 Å². The van der Waals surface area contributed by atoms with Gasteiger partial charge in [0.25, 0.3) is 0 Å². The van der Waals surface area contributed by atoms with Crippen molar-refractivity contribution in [3.8, 4) is 6.07 Å². The molecule has 4 nitrogen and oxygen atoms in total. The number of aromatic nitrogens is 2. The van der Waals surface area contributed by atoms with Crippen molar-refractivity contribution in [2.75, 3.05) is 5.75 Å². The minimum atomic E-state index is -0.00786. The molecule has 3 rings (SSSR count). The van der Waals surface area contributed by atoms with Crippen LogP contribution in [0.5, 0.6) is 0 Å². The number of benzene rings is 2. The molecule has 0 fully saturated rings. The van der Waals surface area contributed by atoms with E-state index in [0.29, 0.717) is 10.8 Å². The van der Waals surface area contributed by atoms with Crippen LogP contribution in [0.2, 0.25) is 5.02 Å². The summed E-state index contributed by atoms with van der Waals surface area (Å²) in [5.74, 6) is 0.649. The number of rotatable bonds is 4.